The van der Waals surface area contributed by atoms with E-state index >= 15 is 0 Å². The fourth-order valence-electron chi connectivity index (χ4n) is 1.45. The minimum absolute atomic E-state index is 0.0403. The summed E-state index contributed by atoms with van der Waals surface area (Å²) in [5, 5.41) is 7.93. The summed E-state index contributed by atoms with van der Waals surface area (Å²) in [5.74, 6) is -0.456. The maximum atomic E-state index is 11.9. The van der Waals surface area contributed by atoms with Crippen molar-refractivity contribution >= 4 is 44.8 Å². The van der Waals surface area contributed by atoms with E-state index in [1.807, 2.05) is 0 Å². The molecule has 0 saturated heterocycles. The molecule has 0 atom stereocenters. The lowest BCUT2D eigenvalue weighted by molar-refractivity contribution is 0.102. The van der Waals surface area contributed by atoms with Crippen molar-refractivity contribution in [1.29, 1.82) is 0 Å². The Bertz CT molecular complexity index is 734. The molecule has 0 aliphatic carbocycles. The maximum Gasteiger partial charge on any atom is 0.272 e. The summed E-state index contributed by atoms with van der Waals surface area (Å²) in [6, 6.07) is 6.81. The van der Waals surface area contributed by atoms with E-state index in [4.69, 9.17) is 28.3 Å². The number of sulfonamides is 1. The highest BCUT2D eigenvalue weighted by molar-refractivity contribution is 7.89. The number of H-pyrrole nitrogens is 1. The van der Waals surface area contributed by atoms with Gasteiger partial charge < -0.3 is 10.3 Å². The van der Waals surface area contributed by atoms with Crippen molar-refractivity contribution in [3.05, 3.63) is 46.2 Å². The van der Waals surface area contributed by atoms with Gasteiger partial charge in [-0.3, -0.25) is 4.79 Å². The number of primary sulfonamides is 1. The minimum atomic E-state index is -3.76. The van der Waals surface area contributed by atoms with Crippen molar-refractivity contribution in [2.24, 2.45) is 5.14 Å². The van der Waals surface area contributed by atoms with Gasteiger partial charge in [-0.05, 0) is 30.3 Å². The van der Waals surface area contributed by atoms with Crippen molar-refractivity contribution in [2.75, 3.05) is 5.32 Å². The molecule has 0 aliphatic rings. The van der Waals surface area contributed by atoms with Crippen LogP contribution in [0.5, 0.6) is 0 Å². The van der Waals surface area contributed by atoms with Gasteiger partial charge >= 0.3 is 0 Å². The van der Waals surface area contributed by atoms with Crippen LogP contribution in [0.1, 0.15) is 10.5 Å². The third kappa shape index (κ3) is 3.31. The Morgan fingerprint density at radius 1 is 1.20 bits per heavy atom. The van der Waals surface area contributed by atoms with Crippen LogP contribution in [0.15, 0.2) is 35.2 Å². The predicted molar refractivity (Wildman–Crippen MR) is 76.6 cm³/mol. The molecule has 20 heavy (non-hydrogen) atoms. The number of aromatic amines is 1. The molecule has 2 aromatic rings. The summed E-state index contributed by atoms with van der Waals surface area (Å²) in [6.07, 6.45) is 0. The molecule has 1 heterocycles. The van der Waals surface area contributed by atoms with Gasteiger partial charge in [0.1, 0.15) is 10.8 Å². The molecule has 1 amide bonds. The zero-order valence-corrected chi connectivity index (χ0v) is 12.2. The average Bonchev–Trinajstić information content (AvgIpc) is 2.69. The lowest BCUT2D eigenvalue weighted by Gasteiger charge is -2.04. The molecule has 0 radical (unpaired) electrons. The number of hydrogen-bond acceptors (Lipinski definition) is 3. The number of aromatic nitrogens is 1. The third-order valence-electron chi connectivity index (χ3n) is 2.41. The Labute approximate surface area is 124 Å². The number of rotatable bonds is 3. The topological polar surface area (TPSA) is 105 Å². The lowest BCUT2D eigenvalue weighted by Crippen LogP contribution is -2.14. The Hall–Kier alpha value is -1.54. The van der Waals surface area contributed by atoms with E-state index in [9.17, 15) is 13.2 Å². The van der Waals surface area contributed by atoms with Crippen LogP contribution in [-0.2, 0) is 10.0 Å². The van der Waals surface area contributed by atoms with Crippen LogP contribution in [0, 0.1) is 0 Å². The van der Waals surface area contributed by atoms with Crippen molar-refractivity contribution in [3.63, 3.8) is 0 Å². The standard InChI is InChI=1S/C11H9Cl2N3O3S/c12-8-5-9(16-10(8)13)11(17)15-6-1-3-7(4-2-6)20(14,18)19/h1-5,16H,(H,15,17)(H2,14,18,19). The van der Waals surface area contributed by atoms with E-state index < -0.39 is 15.9 Å². The normalized spacial score (nSPS) is 11.3. The molecule has 1 aromatic carbocycles. The van der Waals surface area contributed by atoms with E-state index in [-0.39, 0.29) is 20.8 Å². The Morgan fingerprint density at radius 2 is 1.80 bits per heavy atom. The number of benzene rings is 1. The van der Waals surface area contributed by atoms with E-state index in [1.54, 1.807) is 0 Å². The molecule has 0 saturated carbocycles. The number of nitrogens with two attached hydrogens (primary N) is 1. The first-order valence-corrected chi connectivity index (χ1v) is 7.56. The predicted octanol–water partition coefficient (Wildman–Crippen LogP) is 2.22. The highest BCUT2D eigenvalue weighted by atomic mass is 35.5. The number of amides is 1. The second kappa shape index (κ2) is 5.45. The zero-order chi connectivity index (χ0) is 14.9. The minimum Gasteiger partial charge on any atom is -0.340 e. The van der Waals surface area contributed by atoms with Gasteiger partial charge in [0.25, 0.3) is 5.91 Å². The van der Waals surface area contributed by atoms with Crippen LogP contribution in [-0.4, -0.2) is 19.3 Å². The van der Waals surface area contributed by atoms with Gasteiger partial charge in [0.15, 0.2) is 0 Å². The average molecular weight is 334 g/mol. The number of halogens is 2. The Kier molecular flexibility index (Phi) is 4.05. The molecule has 4 N–H and O–H groups in total. The summed E-state index contributed by atoms with van der Waals surface area (Å²) in [4.78, 5) is 14.4. The first-order valence-electron chi connectivity index (χ1n) is 5.25. The van der Waals surface area contributed by atoms with Crippen LogP contribution in [0.2, 0.25) is 10.2 Å². The van der Waals surface area contributed by atoms with E-state index in [2.05, 4.69) is 10.3 Å². The highest BCUT2D eigenvalue weighted by Crippen LogP contribution is 2.22. The number of carbonyl (C=O) groups excluding carboxylic acids is 1. The fourth-order valence-corrected chi connectivity index (χ4v) is 2.28. The van der Waals surface area contributed by atoms with Gasteiger partial charge in [-0.2, -0.15) is 0 Å². The number of hydrogen-bond donors (Lipinski definition) is 3. The van der Waals surface area contributed by atoms with E-state index in [1.165, 1.54) is 30.3 Å². The van der Waals surface area contributed by atoms with Crippen molar-refractivity contribution in [1.82, 2.24) is 4.98 Å². The number of carbonyl (C=O) groups is 1. The molecule has 2 rings (SSSR count). The maximum absolute atomic E-state index is 11.9. The molecule has 106 valence electrons. The fraction of sp³-hybridized carbons (Fsp3) is 0. The van der Waals surface area contributed by atoms with Crippen molar-refractivity contribution in [3.8, 4) is 0 Å². The Balaban J connectivity index is 2.16. The van der Waals surface area contributed by atoms with Crippen LogP contribution < -0.4 is 10.5 Å². The molecule has 9 heteroatoms. The molecule has 6 nitrogen and oxygen atoms in total. The third-order valence-corrected chi connectivity index (χ3v) is 4.03. The zero-order valence-electron chi connectivity index (χ0n) is 9.85. The van der Waals surface area contributed by atoms with Gasteiger partial charge in [0.2, 0.25) is 10.0 Å². The monoisotopic (exact) mass is 333 g/mol. The molecule has 0 unspecified atom stereocenters. The Morgan fingerprint density at radius 3 is 2.25 bits per heavy atom. The molecular formula is C11H9Cl2N3O3S. The SMILES string of the molecule is NS(=O)(=O)c1ccc(NC(=O)c2cc(Cl)c(Cl)[nH]2)cc1. The first kappa shape index (κ1) is 14.9. The number of anilines is 1. The number of nitrogens with one attached hydrogen (secondary N) is 2. The summed E-state index contributed by atoms with van der Waals surface area (Å²) < 4.78 is 22.2. The second-order valence-electron chi connectivity index (χ2n) is 3.87. The molecule has 0 bridgehead atoms. The van der Waals surface area contributed by atoms with E-state index in [0.717, 1.165) is 0 Å². The summed E-state index contributed by atoms with van der Waals surface area (Å²) >= 11 is 11.4. The van der Waals surface area contributed by atoms with Gasteiger partial charge in [0, 0.05) is 5.69 Å². The first-order chi connectivity index (χ1) is 9.27. The molecule has 0 fully saturated rings. The quantitative estimate of drug-likeness (QED) is 0.801. The summed E-state index contributed by atoms with van der Waals surface area (Å²) in [5.41, 5.74) is 0.597. The van der Waals surface area contributed by atoms with Crippen LogP contribution >= 0.6 is 23.2 Å². The molecular weight excluding hydrogens is 325 g/mol. The van der Waals surface area contributed by atoms with Crippen LogP contribution in [0.3, 0.4) is 0 Å². The van der Waals surface area contributed by atoms with Crippen LogP contribution in [0.4, 0.5) is 5.69 Å². The second-order valence-corrected chi connectivity index (χ2v) is 6.22. The largest absolute Gasteiger partial charge is 0.340 e. The summed E-state index contributed by atoms with van der Waals surface area (Å²) in [6.45, 7) is 0. The molecule has 1 aromatic heterocycles. The van der Waals surface area contributed by atoms with Crippen molar-refractivity contribution in [2.45, 2.75) is 4.90 Å². The summed E-state index contributed by atoms with van der Waals surface area (Å²) in [7, 11) is -3.76. The van der Waals surface area contributed by atoms with Gasteiger partial charge in [-0.15, -0.1) is 0 Å². The molecule has 0 spiro atoms. The van der Waals surface area contributed by atoms with Gasteiger partial charge in [-0.1, -0.05) is 23.2 Å². The van der Waals surface area contributed by atoms with Gasteiger partial charge in [-0.25, -0.2) is 13.6 Å². The lowest BCUT2D eigenvalue weighted by atomic mass is 10.3. The van der Waals surface area contributed by atoms with Crippen molar-refractivity contribution < 1.29 is 13.2 Å². The highest BCUT2D eigenvalue weighted by Gasteiger charge is 2.12. The van der Waals surface area contributed by atoms with Crippen LogP contribution in [0.25, 0.3) is 0 Å². The molecule has 0 aliphatic heterocycles. The van der Waals surface area contributed by atoms with E-state index in [0.29, 0.717) is 5.69 Å². The smallest absolute Gasteiger partial charge is 0.272 e. The van der Waals surface area contributed by atoms with Gasteiger partial charge in [0.05, 0.1) is 9.92 Å².